The SMILES string of the molecule is O.[OH][Co][OH]. The fraction of sp³-hybridized carbons (Fsp3) is 0. The molecule has 0 aromatic heterocycles. The predicted octanol–water partition coefficient (Wildman–Crippen LogP) is -1.94. The summed E-state index contributed by atoms with van der Waals surface area (Å²) in [5.41, 5.74) is 0. The maximum absolute atomic E-state index is 7.09. The molecule has 0 heterocycles. The van der Waals surface area contributed by atoms with Gasteiger partial charge in [0.25, 0.3) is 0 Å². The van der Waals surface area contributed by atoms with E-state index < -0.39 is 15.3 Å². The Kier molecular flexibility index (Phi) is 22.2. The van der Waals surface area contributed by atoms with Crippen LogP contribution in [0.4, 0.5) is 0 Å². The third-order valence-corrected chi connectivity index (χ3v) is 0. The van der Waals surface area contributed by atoms with Crippen LogP contribution in [-0.2, 0) is 15.3 Å². The van der Waals surface area contributed by atoms with Crippen molar-refractivity contribution in [2.75, 3.05) is 0 Å². The number of hydrogen-bond donors (Lipinski definition) is 2. The molecule has 4 N–H and O–H groups in total. The van der Waals surface area contributed by atoms with Gasteiger partial charge in [-0.3, -0.25) is 0 Å². The fourth-order valence-electron chi connectivity index (χ4n) is 0. The first kappa shape index (κ1) is 8.83. The van der Waals surface area contributed by atoms with E-state index in [4.69, 9.17) is 8.44 Å². The second-order valence-electron chi connectivity index (χ2n) is 0.0667. The quantitative estimate of drug-likeness (QED) is 0.381. The van der Waals surface area contributed by atoms with Gasteiger partial charge in [-0.05, 0) is 0 Å². The van der Waals surface area contributed by atoms with E-state index in [2.05, 4.69) is 0 Å². The van der Waals surface area contributed by atoms with Gasteiger partial charge < -0.3 is 5.48 Å². The van der Waals surface area contributed by atoms with Crippen molar-refractivity contribution in [2.45, 2.75) is 0 Å². The van der Waals surface area contributed by atoms with Crippen molar-refractivity contribution in [3.63, 3.8) is 0 Å². The molecule has 4 heteroatoms. The van der Waals surface area contributed by atoms with Crippen molar-refractivity contribution in [3.05, 3.63) is 0 Å². The molecule has 0 aliphatic heterocycles. The maximum atomic E-state index is 7.09. The van der Waals surface area contributed by atoms with Crippen LogP contribution in [0.25, 0.3) is 0 Å². The second-order valence-corrected chi connectivity index (χ2v) is 0.275. The number of hydrogen-bond acceptors (Lipinski definition) is 2. The number of rotatable bonds is 0. The molecule has 3 nitrogen and oxygen atoms in total. The molecule has 0 aromatic rings. The van der Waals surface area contributed by atoms with E-state index in [1.54, 1.807) is 0 Å². The van der Waals surface area contributed by atoms with Crippen LogP contribution in [0.3, 0.4) is 0 Å². The van der Waals surface area contributed by atoms with E-state index >= 15 is 0 Å². The van der Waals surface area contributed by atoms with Gasteiger partial charge >= 0.3 is 23.8 Å². The van der Waals surface area contributed by atoms with Crippen LogP contribution < -0.4 is 0 Å². The molecular weight excluding hydrogens is 107 g/mol. The summed E-state index contributed by atoms with van der Waals surface area (Å²) in [5, 5.41) is 0. The summed E-state index contributed by atoms with van der Waals surface area (Å²) in [6, 6.07) is 0. The Balaban J connectivity index is 0. The normalized spacial score (nSPS) is 5.50. The first-order valence-electron chi connectivity index (χ1n) is 0.298. The van der Waals surface area contributed by atoms with Crippen LogP contribution >= 0.6 is 0 Å². The van der Waals surface area contributed by atoms with Crippen LogP contribution in [0.15, 0.2) is 0 Å². The Morgan fingerprint density at radius 3 is 1.25 bits per heavy atom. The van der Waals surface area contributed by atoms with E-state index in [1.165, 1.54) is 0 Å². The van der Waals surface area contributed by atoms with E-state index in [1.807, 2.05) is 0 Å². The van der Waals surface area contributed by atoms with Crippen molar-refractivity contribution in [1.82, 2.24) is 0 Å². The zero-order valence-electron chi connectivity index (χ0n) is 1.73. The summed E-state index contributed by atoms with van der Waals surface area (Å²) in [5.74, 6) is 0. The predicted molar refractivity (Wildman–Crippen MR) is 8.05 cm³/mol. The molecule has 0 aliphatic carbocycles. The molecular formula is H4CoO3. The molecule has 0 rings (SSSR count). The average Bonchev–Trinajstić information content (AvgIpc) is 0.918. The Morgan fingerprint density at radius 2 is 1.25 bits per heavy atom. The van der Waals surface area contributed by atoms with Gasteiger partial charge in [-0.1, -0.05) is 0 Å². The minimum absolute atomic E-state index is 0. The van der Waals surface area contributed by atoms with Gasteiger partial charge in [0.1, 0.15) is 0 Å². The molecule has 31 valence electrons. The van der Waals surface area contributed by atoms with Crippen molar-refractivity contribution >= 4 is 0 Å². The molecule has 0 bridgehead atoms. The summed E-state index contributed by atoms with van der Waals surface area (Å²) in [6.45, 7) is 0. The Labute approximate surface area is 30.2 Å². The molecule has 0 unspecified atom stereocenters. The molecule has 0 saturated carbocycles. The minimum atomic E-state index is -0.562. The van der Waals surface area contributed by atoms with Gasteiger partial charge in [0.2, 0.25) is 0 Å². The molecule has 0 amide bonds. The van der Waals surface area contributed by atoms with Crippen LogP contribution in [0.2, 0.25) is 0 Å². The van der Waals surface area contributed by atoms with Gasteiger partial charge in [0, 0.05) is 0 Å². The zero-order chi connectivity index (χ0) is 2.71. The van der Waals surface area contributed by atoms with Gasteiger partial charge in [0.05, 0.1) is 0 Å². The Morgan fingerprint density at radius 1 is 1.25 bits per heavy atom. The molecule has 0 atom stereocenters. The van der Waals surface area contributed by atoms with Crippen LogP contribution in [0.5, 0.6) is 0 Å². The molecule has 0 spiro atoms. The van der Waals surface area contributed by atoms with Gasteiger partial charge in [0.15, 0.2) is 0 Å². The van der Waals surface area contributed by atoms with Crippen molar-refractivity contribution in [1.29, 1.82) is 0 Å². The summed E-state index contributed by atoms with van der Waals surface area (Å²) >= 11 is -0.562. The van der Waals surface area contributed by atoms with E-state index in [0.29, 0.717) is 0 Å². The Bertz CT molecular complexity index is 3.25. The van der Waals surface area contributed by atoms with Crippen molar-refractivity contribution < 1.29 is 29.3 Å². The van der Waals surface area contributed by atoms with E-state index in [0.717, 1.165) is 0 Å². The first-order chi connectivity index (χ1) is 1.41. The molecule has 0 saturated heterocycles. The molecule has 4 heavy (non-hydrogen) atoms. The van der Waals surface area contributed by atoms with Crippen LogP contribution in [-0.4, -0.2) is 13.9 Å². The zero-order valence-corrected chi connectivity index (χ0v) is 2.77. The molecule has 0 fully saturated rings. The van der Waals surface area contributed by atoms with Crippen LogP contribution in [0.1, 0.15) is 0 Å². The topological polar surface area (TPSA) is 72.0 Å². The van der Waals surface area contributed by atoms with E-state index in [-0.39, 0.29) is 5.48 Å². The van der Waals surface area contributed by atoms with Gasteiger partial charge in [-0.15, -0.1) is 0 Å². The van der Waals surface area contributed by atoms with Crippen molar-refractivity contribution in [3.8, 4) is 0 Å². The summed E-state index contributed by atoms with van der Waals surface area (Å²) in [6.07, 6.45) is 0. The summed E-state index contributed by atoms with van der Waals surface area (Å²) in [7, 11) is 0. The van der Waals surface area contributed by atoms with E-state index in [9.17, 15) is 0 Å². The second kappa shape index (κ2) is 10.0. The third-order valence-electron chi connectivity index (χ3n) is 0. The van der Waals surface area contributed by atoms with Gasteiger partial charge in [-0.2, -0.15) is 0 Å². The van der Waals surface area contributed by atoms with Crippen molar-refractivity contribution in [2.24, 2.45) is 0 Å². The first-order valence-corrected chi connectivity index (χ1v) is 1.23. The van der Waals surface area contributed by atoms with Crippen LogP contribution in [0, 0.1) is 0 Å². The molecule has 0 aliphatic rings. The third kappa shape index (κ3) is 30.7. The standard InChI is InChI=1S/Co.3H2O/h;3*1H2/q+2;;;/p-2. The molecule has 0 aromatic carbocycles. The monoisotopic (exact) mass is 111 g/mol. The summed E-state index contributed by atoms with van der Waals surface area (Å²) < 4.78 is 14.2. The Hall–Kier alpha value is 0.386. The van der Waals surface area contributed by atoms with Gasteiger partial charge in [-0.25, -0.2) is 0 Å². The average molecular weight is 111 g/mol. The molecule has 0 radical (unpaired) electrons. The fourth-order valence-corrected chi connectivity index (χ4v) is 0. The summed E-state index contributed by atoms with van der Waals surface area (Å²) in [4.78, 5) is 0.